The Bertz CT molecular complexity index is 439. The van der Waals surface area contributed by atoms with Crippen molar-refractivity contribution >= 4 is 17.3 Å². The molecule has 6 heteroatoms. The molecular weight excluding hydrogens is 246 g/mol. The van der Waals surface area contributed by atoms with Gasteiger partial charge >= 0.3 is 0 Å². The Morgan fingerprint density at radius 2 is 2.00 bits per heavy atom. The number of aryl methyl sites for hydroxylation is 1. The first kappa shape index (κ1) is 15.3. The molecule has 0 heterocycles. The van der Waals surface area contributed by atoms with Crippen LogP contribution >= 0.6 is 0 Å². The van der Waals surface area contributed by atoms with Crippen molar-refractivity contribution in [3.63, 3.8) is 0 Å². The third kappa shape index (κ3) is 4.11. The van der Waals surface area contributed by atoms with Crippen molar-refractivity contribution in [3.8, 4) is 0 Å². The molecule has 1 aromatic rings. The lowest BCUT2D eigenvalue weighted by Gasteiger charge is -2.20. The van der Waals surface area contributed by atoms with Crippen LogP contribution in [0.4, 0.5) is 11.4 Å². The maximum absolute atomic E-state index is 10.7. The predicted molar refractivity (Wildman–Crippen MR) is 74.3 cm³/mol. The minimum absolute atomic E-state index is 0.172. The molecule has 0 aromatic heterocycles. The summed E-state index contributed by atoms with van der Waals surface area (Å²) in [5.41, 5.74) is 13.6. The highest BCUT2D eigenvalue weighted by atomic mass is 16.3. The first-order valence-corrected chi connectivity index (χ1v) is 6.09. The van der Waals surface area contributed by atoms with Crippen molar-refractivity contribution in [2.24, 2.45) is 0 Å². The van der Waals surface area contributed by atoms with Crippen LogP contribution in [0.15, 0.2) is 12.1 Å². The van der Waals surface area contributed by atoms with Crippen LogP contribution in [0.1, 0.15) is 30.6 Å². The van der Waals surface area contributed by atoms with Gasteiger partial charge in [-0.3, -0.25) is 4.79 Å². The molecule has 7 N–H and O–H groups in total. The summed E-state index contributed by atoms with van der Waals surface area (Å²) < 4.78 is 0. The summed E-state index contributed by atoms with van der Waals surface area (Å²) in [6.07, 6.45) is -1.78. The fourth-order valence-corrected chi connectivity index (χ4v) is 1.80. The van der Waals surface area contributed by atoms with Gasteiger partial charge in [0.05, 0.1) is 17.5 Å². The Labute approximate surface area is 112 Å². The smallest absolute Gasteiger partial charge is 0.216 e. The highest BCUT2D eigenvalue weighted by Gasteiger charge is 2.19. The van der Waals surface area contributed by atoms with Gasteiger partial charge in [-0.2, -0.15) is 0 Å². The van der Waals surface area contributed by atoms with Crippen molar-refractivity contribution < 1.29 is 15.0 Å². The van der Waals surface area contributed by atoms with E-state index in [4.69, 9.17) is 11.5 Å². The number of anilines is 2. The fraction of sp³-hybridized carbons (Fsp3) is 0.462. The number of hydrogen-bond acceptors (Lipinski definition) is 5. The zero-order chi connectivity index (χ0) is 14.6. The second kappa shape index (κ2) is 6.40. The minimum atomic E-state index is -1.06. The van der Waals surface area contributed by atoms with Gasteiger partial charge in [-0.1, -0.05) is 6.07 Å². The first-order chi connectivity index (χ1) is 8.82. The number of nitrogens with one attached hydrogen (secondary N) is 1. The zero-order valence-corrected chi connectivity index (χ0v) is 11.2. The maximum Gasteiger partial charge on any atom is 0.216 e. The molecule has 0 radical (unpaired) electrons. The summed E-state index contributed by atoms with van der Waals surface area (Å²) in [6, 6.07) is 3.24. The largest absolute Gasteiger partial charge is 0.397 e. The van der Waals surface area contributed by atoms with Crippen LogP contribution in [0.5, 0.6) is 0 Å². The third-order valence-corrected chi connectivity index (χ3v) is 2.96. The molecule has 2 atom stereocenters. The average Bonchev–Trinajstić information content (AvgIpc) is 2.33. The van der Waals surface area contributed by atoms with Gasteiger partial charge in [0.2, 0.25) is 5.91 Å². The van der Waals surface area contributed by atoms with Gasteiger partial charge in [0.1, 0.15) is 6.10 Å². The highest BCUT2D eigenvalue weighted by Crippen LogP contribution is 2.27. The Morgan fingerprint density at radius 1 is 1.37 bits per heavy atom. The Kier molecular flexibility index (Phi) is 5.14. The van der Waals surface area contributed by atoms with E-state index in [-0.39, 0.29) is 12.3 Å². The third-order valence-electron chi connectivity index (χ3n) is 2.96. The number of hydrogen-bond donors (Lipinski definition) is 5. The standard InChI is InChI=1S/C13H21N3O3/c1-7-5-9(6-10(14)12(7)15)13(19)11(18)3-4-16-8(2)17/h5-6,11,13,18-19H,3-4,14-15H2,1-2H3,(H,16,17). The van der Waals surface area contributed by atoms with Gasteiger partial charge in [0.25, 0.3) is 0 Å². The fourth-order valence-electron chi connectivity index (χ4n) is 1.80. The highest BCUT2D eigenvalue weighted by molar-refractivity contribution is 5.72. The molecule has 19 heavy (non-hydrogen) atoms. The van der Waals surface area contributed by atoms with E-state index in [1.54, 1.807) is 19.1 Å². The lowest BCUT2D eigenvalue weighted by molar-refractivity contribution is -0.119. The van der Waals surface area contributed by atoms with Gasteiger partial charge in [-0.25, -0.2) is 0 Å². The molecule has 0 saturated carbocycles. The van der Waals surface area contributed by atoms with Crippen LogP contribution in [0.3, 0.4) is 0 Å². The number of aliphatic hydroxyl groups is 2. The number of benzene rings is 1. The van der Waals surface area contributed by atoms with E-state index < -0.39 is 12.2 Å². The van der Waals surface area contributed by atoms with Crippen molar-refractivity contribution in [3.05, 3.63) is 23.3 Å². The molecule has 0 aliphatic carbocycles. The predicted octanol–water partition coefficient (Wildman–Crippen LogP) is 0.0799. The normalized spacial score (nSPS) is 13.9. The van der Waals surface area contributed by atoms with Crippen LogP contribution in [-0.4, -0.2) is 28.8 Å². The van der Waals surface area contributed by atoms with E-state index >= 15 is 0 Å². The van der Waals surface area contributed by atoms with Gasteiger partial charge in [-0.05, 0) is 30.5 Å². The number of nitrogens with two attached hydrogens (primary N) is 2. The van der Waals surface area contributed by atoms with E-state index in [9.17, 15) is 15.0 Å². The van der Waals surface area contributed by atoms with Gasteiger partial charge < -0.3 is 27.0 Å². The second-order valence-electron chi connectivity index (χ2n) is 4.62. The summed E-state index contributed by atoms with van der Waals surface area (Å²) in [4.78, 5) is 10.7. The molecule has 0 fully saturated rings. The SMILES string of the molecule is CC(=O)NCCC(O)C(O)c1cc(C)c(N)c(N)c1. The van der Waals surface area contributed by atoms with Crippen LogP contribution in [0.25, 0.3) is 0 Å². The summed E-state index contributed by atoms with van der Waals surface area (Å²) in [5.74, 6) is -0.172. The molecule has 1 rings (SSSR count). The number of carbonyl (C=O) groups is 1. The van der Waals surface area contributed by atoms with E-state index in [0.29, 0.717) is 23.5 Å². The van der Waals surface area contributed by atoms with Crippen LogP contribution in [-0.2, 0) is 4.79 Å². The lowest BCUT2D eigenvalue weighted by atomic mass is 9.98. The molecule has 106 valence electrons. The van der Waals surface area contributed by atoms with Crippen molar-refractivity contribution in [2.45, 2.75) is 32.5 Å². The molecule has 1 aromatic carbocycles. The van der Waals surface area contributed by atoms with Crippen LogP contribution in [0, 0.1) is 6.92 Å². The molecule has 0 spiro atoms. The maximum atomic E-state index is 10.7. The van der Waals surface area contributed by atoms with Crippen molar-refractivity contribution in [1.82, 2.24) is 5.32 Å². The summed E-state index contributed by atoms with van der Waals surface area (Å²) in [7, 11) is 0. The molecule has 0 aliphatic rings. The Balaban J connectivity index is 2.71. The second-order valence-corrected chi connectivity index (χ2v) is 4.62. The van der Waals surface area contributed by atoms with Gasteiger partial charge in [0.15, 0.2) is 0 Å². The number of amides is 1. The summed E-state index contributed by atoms with van der Waals surface area (Å²) in [5, 5.41) is 22.5. The topological polar surface area (TPSA) is 122 Å². The molecule has 2 unspecified atom stereocenters. The van der Waals surface area contributed by atoms with Crippen molar-refractivity contribution in [1.29, 1.82) is 0 Å². The number of aliphatic hydroxyl groups excluding tert-OH is 2. The zero-order valence-electron chi connectivity index (χ0n) is 11.2. The molecule has 0 aliphatic heterocycles. The van der Waals surface area contributed by atoms with Gasteiger partial charge in [-0.15, -0.1) is 0 Å². The van der Waals surface area contributed by atoms with E-state index in [1.807, 2.05) is 0 Å². The van der Waals surface area contributed by atoms with Crippen LogP contribution < -0.4 is 16.8 Å². The number of nitrogen functional groups attached to an aromatic ring is 2. The average molecular weight is 267 g/mol. The first-order valence-electron chi connectivity index (χ1n) is 6.09. The lowest BCUT2D eigenvalue weighted by Crippen LogP contribution is -2.27. The summed E-state index contributed by atoms with van der Waals surface area (Å²) in [6.45, 7) is 3.48. The van der Waals surface area contributed by atoms with E-state index in [1.165, 1.54) is 6.92 Å². The molecular formula is C13H21N3O3. The Hall–Kier alpha value is -1.79. The monoisotopic (exact) mass is 267 g/mol. The van der Waals surface area contributed by atoms with Gasteiger partial charge in [0, 0.05) is 13.5 Å². The quantitative estimate of drug-likeness (QED) is 0.484. The Morgan fingerprint density at radius 3 is 2.53 bits per heavy atom. The summed E-state index contributed by atoms with van der Waals surface area (Å²) >= 11 is 0. The molecule has 0 bridgehead atoms. The van der Waals surface area contributed by atoms with Crippen LogP contribution in [0.2, 0.25) is 0 Å². The number of carbonyl (C=O) groups excluding carboxylic acids is 1. The van der Waals surface area contributed by atoms with E-state index in [2.05, 4.69) is 5.32 Å². The molecule has 0 saturated heterocycles. The van der Waals surface area contributed by atoms with Crippen molar-refractivity contribution in [2.75, 3.05) is 18.0 Å². The van der Waals surface area contributed by atoms with E-state index in [0.717, 1.165) is 5.56 Å². The molecule has 1 amide bonds. The minimum Gasteiger partial charge on any atom is -0.397 e. The number of rotatable bonds is 5. The molecule has 6 nitrogen and oxygen atoms in total.